The van der Waals surface area contributed by atoms with Crippen molar-refractivity contribution in [3.05, 3.63) is 28.8 Å². The van der Waals surface area contributed by atoms with Crippen molar-refractivity contribution < 1.29 is 8.78 Å². The molecule has 1 unspecified atom stereocenters. The summed E-state index contributed by atoms with van der Waals surface area (Å²) in [4.78, 5) is 2.07. The van der Waals surface area contributed by atoms with Crippen LogP contribution in [0.1, 0.15) is 42.9 Å². The fraction of sp³-hybridized carbons (Fsp3) is 0.562. The first-order valence-corrected chi connectivity index (χ1v) is 7.44. The van der Waals surface area contributed by atoms with Gasteiger partial charge in [-0.2, -0.15) is 5.10 Å². The van der Waals surface area contributed by atoms with Crippen LogP contribution in [0.15, 0.2) is 17.2 Å². The molecule has 2 aliphatic rings. The summed E-state index contributed by atoms with van der Waals surface area (Å²) in [5.41, 5.74) is 3.64. The zero-order valence-electron chi connectivity index (χ0n) is 12.7. The van der Waals surface area contributed by atoms with E-state index in [1.54, 1.807) is 6.07 Å². The Balaban J connectivity index is 2.09. The number of hydrazone groups is 1. The minimum absolute atomic E-state index is 0.115. The molecule has 0 saturated carbocycles. The average Bonchev–Trinajstić information content (AvgIpc) is 2.77. The Morgan fingerprint density at radius 1 is 1.29 bits per heavy atom. The van der Waals surface area contributed by atoms with Gasteiger partial charge in [0.2, 0.25) is 0 Å². The van der Waals surface area contributed by atoms with Crippen molar-refractivity contribution in [1.82, 2.24) is 5.01 Å². The number of alkyl halides is 2. The van der Waals surface area contributed by atoms with Crippen molar-refractivity contribution in [2.24, 2.45) is 5.10 Å². The van der Waals surface area contributed by atoms with Gasteiger partial charge in [-0.25, -0.2) is 8.78 Å². The molecule has 114 valence electrons. The average molecular weight is 293 g/mol. The third kappa shape index (κ3) is 2.49. The first-order valence-electron chi connectivity index (χ1n) is 7.44. The summed E-state index contributed by atoms with van der Waals surface area (Å²) < 4.78 is 27.0. The lowest BCUT2D eigenvalue weighted by atomic mass is 9.92. The van der Waals surface area contributed by atoms with Gasteiger partial charge in [-0.3, -0.25) is 5.01 Å². The minimum atomic E-state index is -2.47. The molecule has 0 amide bonds. The zero-order chi connectivity index (χ0) is 15.1. The van der Waals surface area contributed by atoms with Gasteiger partial charge in [0.1, 0.15) is 0 Å². The Kier molecular flexibility index (Phi) is 3.59. The molecule has 0 bridgehead atoms. The quantitative estimate of drug-likeness (QED) is 0.832. The molecule has 2 heterocycles. The molecule has 0 aromatic heterocycles. The molecule has 0 aliphatic carbocycles. The lowest BCUT2D eigenvalue weighted by molar-refractivity contribution is 0.151. The van der Waals surface area contributed by atoms with E-state index in [0.29, 0.717) is 5.56 Å². The van der Waals surface area contributed by atoms with E-state index in [-0.39, 0.29) is 11.6 Å². The number of nitrogens with zero attached hydrogens (tertiary/aromatic N) is 3. The van der Waals surface area contributed by atoms with Crippen LogP contribution in [-0.4, -0.2) is 37.4 Å². The number of hydrogen-bond acceptors (Lipinski definition) is 3. The van der Waals surface area contributed by atoms with Gasteiger partial charge in [0, 0.05) is 49.9 Å². The molecule has 0 spiro atoms. The van der Waals surface area contributed by atoms with Crippen molar-refractivity contribution in [1.29, 1.82) is 0 Å². The molecule has 21 heavy (non-hydrogen) atoms. The van der Waals surface area contributed by atoms with Crippen LogP contribution in [-0.2, 0) is 6.42 Å². The van der Waals surface area contributed by atoms with Gasteiger partial charge in [-0.15, -0.1) is 0 Å². The third-order valence-corrected chi connectivity index (χ3v) is 4.55. The topological polar surface area (TPSA) is 18.8 Å². The molecule has 1 aromatic rings. The van der Waals surface area contributed by atoms with Crippen molar-refractivity contribution in [3.63, 3.8) is 0 Å². The van der Waals surface area contributed by atoms with Crippen LogP contribution in [0.3, 0.4) is 0 Å². The lowest BCUT2D eigenvalue weighted by Gasteiger charge is -2.29. The van der Waals surface area contributed by atoms with Gasteiger partial charge >= 0.3 is 0 Å². The standard InChI is InChI=1S/C16H21F2N3/c1-10-7-14(19-21(10)3)12-8-11-5-4-6-20(2)15(11)9-13(12)16(17)18/h8-10,16H,4-7H2,1-3H3. The fourth-order valence-electron chi connectivity index (χ4n) is 3.17. The summed E-state index contributed by atoms with van der Waals surface area (Å²) in [6.07, 6.45) is 0.281. The zero-order valence-corrected chi connectivity index (χ0v) is 12.7. The highest BCUT2D eigenvalue weighted by molar-refractivity contribution is 6.03. The van der Waals surface area contributed by atoms with Crippen LogP contribution >= 0.6 is 0 Å². The molecule has 0 fully saturated rings. The molecule has 0 saturated heterocycles. The van der Waals surface area contributed by atoms with Crippen molar-refractivity contribution in [2.45, 2.75) is 38.7 Å². The first kappa shape index (κ1) is 14.3. The summed E-state index contributed by atoms with van der Waals surface area (Å²) >= 11 is 0. The van der Waals surface area contributed by atoms with Gasteiger partial charge in [0.25, 0.3) is 6.43 Å². The summed E-state index contributed by atoms with van der Waals surface area (Å²) in [5.74, 6) is 0. The highest BCUT2D eigenvalue weighted by atomic mass is 19.3. The monoisotopic (exact) mass is 293 g/mol. The Morgan fingerprint density at radius 3 is 2.67 bits per heavy atom. The molecule has 1 aromatic carbocycles. The van der Waals surface area contributed by atoms with E-state index >= 15 is 0 Å². The van der Waals surface area contributed by atoms with E-state index < -0.39 is 6.43 Å². The number of rotatable bonds is 2. The molecule has 3 rings (SSSR count). The van der Waals surface area contributed by atoms with E-state index in [1.165, 1.54) is 0 Å². The second-order valence-electron chi connectivity index (χ2n) is 6.07. The van der Waals surface area contributed by atoms with E-state index in [2.05, 4.69) is 16.9 Å². The predicted molar refractivity (Wildman–Crippen MR) is 81.4 cm³/mol. The molecule has 3 nitrogen and oxygen atoms in total. The van der Waals surface area contributed by atoms with Crippen LogP contribution < -0.4 is 4.90 Å². The van der Waals surface area contributed by atoms with Crippen LogP contribution in [0.5, 0.6) is 0 Å². The number of fused-ring (bicyclic) bond motifs is 1. The number of aryl methyl sites for hydroxylation is 1. The van der Waals surface area contributed by atoms with Crippen molar-refractivity contribution >= 4 is 11.4 Å². The largest absolute Gasteiger partial charge is 0.374 e. The van der Waals surface area contributed by atoms with Gasteiger partial charge in [-0.05, 0) is 37.5 Å². The summed E-state index contributed by atoms with van der Waals surface area (Å²) in [7, 11) is 3.86. The molecular weight excluding hydrogens is 272 g/mol. The maximum absolute atomic E-state index is 13.5. The van der Waals surface area contributed by atoms with E-state index in [9.17, 15) is 8.78 Å². The highest BCUT2D eigenvalue weighted by Gasteiger charge is 2.27. The van der Waals surface area contributed by atoms with E-state index in [0.717, 1.165) is 42.8 Å². The number of benzene rings is 1. The first-order chi connectivity index (χ1) is 9.97. The minimum Gasteiger partial charge on any atom is -0.374 e. The fourth-order valence-corrected chi connectivity index (χ4v) is 3.17. The van der Waals surface area contributed by atoms with Gasteiger partial charge in [0.15, 0.2) is 0 Å². The molecule has 0 radical (unpaired) electrons. The molecule has 0 N–H and O–H groups in total. The Labute approximate surface area is 124 Å². The normalized spacial score (nSPS) is 21.8. The van der Waals surface area contributed by atoms with E-state index in [1.807, 2.05) is 25.2 Å². The van der Waals surface area contributed by atoms with E-state index in [4.69, 9.17) is 0 Å². The molecule has 1 atom stereocenters. The van der Waals surface area contributed by atoms with Gasteiger partial charge in [0.05, 0.1) is 5.71 Å². The van der Waals surface area contributed by atoms with Crippen molar-refractivity contribution in [3.8, 4) is 0 Å². The maximum Gasteiger partial charge on any atom is 0.264 e. The molecule has 2 aliphatic heterocycles. The second-order valence-corrected chi connectivity index (χ2v) is 6.07. The Bertz CT molecular complexity index is 583. The molecule has 5 heteroatoms. The summed E-state index contributed by atoms with van der Waals surface area (Å²) in [5, 5.41) is 6.31. The SMILES string of the molecule is CC1CC(c2cc3c(cc2C(F)F)N(C)CCC3)=NN1C. The van der Waals surface area contributed by atoms with Crippen LogP contribution in [0.4, 0.5) is 14.5 Å². The highest BCUT2D eigenvalue weighted by Crippen LogP contribution is 2.35. The maximum atomic E-state index is 13.5. The Hall–Kier alpha value is -1.65. The Morgan fingerprint density at radius 2 is 2.05 bits per heavy atom. The molecular formula is C16H21F2N3. The van der Waals surface area contributed by atoms with Crippen LogP contribution in [0, 0.1) is 0 Å². The summed E-state index contributed by atoms with van der Waals surface area (Å²) in [6, 6.07) is 3.88. The lowest BCUT2D eigenvalue weighted by Crippen LogP contribution is -2.25. The number of anilines is 1. The van der Waals surface area contributed by atoms with Gasteiger partial charge in [-0.1, -0.05) is 0 Å². The second kappa shape index (κ2) is 5.28. The third-order valence-electron chi connectivity index (χ3n) is 4.55. The number of hydrogen-bond donors (Lipinski definition) is 0. The van der Waals surface area contributed by atoms with Gasteiger partial charge < -0.3 is 4.90 Å². The van der Waals surface area contributed by atoms with Crippen LogP contribution in [0.2, 0.25) is 0 Å². The van der Waals surface area contributed by atoms with Crippen LogP contribution in [0.25, 0.3) is 0 Å². The van der Waals surface area contributed by atoms with Crippen molar-refractivity contribution in [2.75, 3.05) is 25.5 Å². The summed E-state index contributed by atoms with van der Waals surface area (Å²) in [6.45, 7) is 2.99. The number of halogens is 2. The smallest absolute Gasteiger partial charge is 0.264 e. The predicted octanol–water partition coefficient (Wildman–Crippen LogP) is 3.43.